The van der Waals surface area contributed by atoms with Gasteiger partial charge in [-0.2, -0.15) is 0 Å². The molecule has 2 aliphatic heterocycles. The summed E-state index contributed by atoms with van der Waals surface area (Å²) in [6, 6.07) is 0. The second kappa shape index (κ2) is 6.38. The van der Waals surface area contributed by atoms with E-state index in [-0.39, 0.29) is 24.8 Å². The third-order valence-electron chi connectivity index (χ3n) is 3.19. The van der Waals surface area contributed by atoms with Crippen molar-refractivity contribution in [1.82, 2.24) is 15.3 Å². The monoisotopic (exact) mass is 276 g/mol. The number of piperidine rings is 1. The van der Waals surface area contributed by atoms with E-state index in [0.717, 1.165) is 32.1 Å². The molecule has 0 aromatic carbocycles. The maximum absolute atomic E-state index is 4.63. The van der Waals surface area contributed by atoms with E-state index in [1.54, 1.807) is 0 Å². The van der Waals surface area contributed by atoms with Gasteiger partial charge in [-0.1, -0.05) is 0 Å². The second-order valence-corrected chi connectivity index (χ2v) is 4.29. The number of anilines is 1. The van der Waals surface area contributed by atoms with Crippen molar-refractivity contribution in [3.63, 3.8) is 0 Å². The molecule has 3 heterocycles. The van der Waals surface area contributed by atoms with Crippen molar-refractivity contribution >= 4 is 30.8 Å². The lowest BCUT2D eigenvalue weighted by Gasteiger charge is -2.26. The van der Waals surface area contributed by atoms with Crippen LogP contribution in [0.15, 0.2) is 6.20 Å². The van der Waals surface area contributed by atoms with Crippen molar-refractivity contribution < 1.29 is 0 Å². The zero-order valence-corrected chi connectivity index (χ0v) is 11.3. The number of hydrogen-bond donors (Lipinski definition) is 1. The Morgan fingerprint density at radius 1 is 1.06 bits per heavy atom. The fourth-order valence-electron chi connectivity index (χ4n) is 2.29. The van der Waals surface area contributed by atoms with Crippen LogP contribution in [0, 0.1) is 0 Å². The summed E-state index contributed by atoms with van der Waals surface area (Å²) < 4.78 is 0. The lowest BCUT2D eigenvalue weighted by atomic mass is 10.1. The lowest BCUT2D eigenvalue weighted by molar-refractivity contribution is 0.567. The van der Waals surface area contributed by atoms with Gasteiger partial charge in [0.2, 0.25) is 5.95 Å². The van der Waals surface area contributed by atoms with E-state index in [2.05, 4.69) is 20.2 Å². The molecule has 2 aliphatic rings. The van der Waals surface area contributed by atoms with Crippen molar-refractivity contribution in [3.8, 4) is 0 Å². The largest absolute Gasteiger partial charge is 0.341 e. The molecule has 1 fully saturated rings. The molecular weight excluding hydrogens is 259 g/mol. The van der Waals surface area contributed by atoms with Gasteiger partial charge in [0.1, 0.15) is 0 Å². The molecule has 96 valence electrons. The number of rotatable bonds is 1. The van der Waals surface area contributed by atoms with Gasteiger partial charge in [-0.15, -0.1) is 24.8 Å². The minimum absolute atomic E-state index is 0. The quantitative estimate of drug-likeness (QED) is 0.851. The van der Waals surface area contributed by atoms with Gasteiger partial charge in [-0.25, -0.2) is 9.97 Å². The van der Waals surface area contributed by atoms with Crippen LogP contribution in [0.2, 0.25) is 0 Å². The van der Waals surface area contributed by atoms with Crippen LogP contribution < -0.4 is 10.2 Å². The van der Waals surface area contributed by atoms with Gasteiger partial charge in [0.25, 0.3) is 0 Å². The Morgan fingerprint density at radius 3 is 2.59 bits per heavy atom. The summed E-state index contributed by atoms with van der Waals surface area (Å²) in [5, 5.41) is 3.30. The molecule has 0 amide bonds. The summed E-state index contributed by atoms with van der Waals surface area (Å²) in [7, 11) is 0. The van der Waals surface area contributed by atoms with E-state index in [0.29, 0.717) is 0 Å². The van der Waals surface area contributed by atoms with Crippen molar-refractivity contribution in [3.05, 3.63) is 17.5 Å². The zero-order valence-electron chi connectivity index (χ0n) is 9.69. The summed E-state index contributed by atoms with van der Waals surface area (Å²) in [6.45, 7) is 4.06. The summed E-state index contributed by atoms with van der Waals surface area (Å²) in [6.07, 6.45) is 5.88. The number of hydrogen-bond acceptors (Lipinski definition) is 4. The second-order valence-electron chi connectivity index (χ2n) is 4.29. The van der Waals surface area contributed by atoms with Crippen LogP contribution in [0.1, 0.15) is 30.5 Å². The van der Waals surface area contributed by atoms with Gasteiger partial charge >= 0.3 is 0 Å². The van der Waals surface area contributed by atoms with Crippen molar-refractivity contribution in [2.75, 3.05) is 18.0 Å². The minimum atomic E-state index is 0. The lowest BCUT2D eigenvalue weighted by Crippen LogP contribution is -2.31. The average Bonchev–Trinajstić information content (AvgIpc) is 2.77. The van der Waals surface area contributed by atoms with Gasteiger partial charge in [-0.3, -0.25) is 0 Å². The molecule has 0 bridgehead atoms. The maximum Gasteiger partial charge on any atom is 0.225 e. The number of aromatic nitrogens is 2. The topological polar surface area (TPSA) is 41.1 Å². The summed E-state index contributed by atoms with van der Waals surface area (Å²) in [5.41, 5.74) is 2.45. The Morgan fingerprint density at radius 2 is 1.82 bits per heavy atom. The smallest absolute Gasteiger partial charge is 0.225 e. The summed E-state index contributed by atoms with van der Waals surface area (Å²) >= 11 is 0. The molecule has 1 N–H and O–H groups in total. The first-order chi connectivity index (χ1) is 7.43. The highest BCUT2D eigenvalue weighted by Crippen LogP contribution is 2.19. The fourth-order valence-corrected chi connectivity index (χ4v) is 2.29. The van der Waals surface area contributed by atoms with Crippen molar-refractivity contribution in [2.24, 2.45) is 0 Å². The Hall–Kier alpha value is -0.580. The van der Waals surface area contributed by atoms with Crippen LogP contribution in [-0.2, 0) is 13.1 Å². The highest BCUT2D eigenvalue weighted by atomic mass is 35.5. The van der Waals surface area contributed by atoms with E-state index in [9.17, 15) is 0 Å². The molecule has 3 rings (SSSR count). The SMILES string of the molecule is Cl.Cl.c1nc(N2CCCCC2)nc2c1CNC2. The zero-order chi connectivity index (χ0) is 10.1. The minimum Gasteiger partial charge on any atom is -0.341 e. The van der Waals surface area contributed by atoms with E-state index >= 15 is 0 Å². The summed E-state index contributed by atoms with van der Waals surface area (Å²) in [5.74, 6) is 0.928. The third-order valence-corrected chi connectivity index (χ3v) is 3.19. The number of nitrogens with one attached hydrogen (secondary N) is 1. The van der Waals surface area contributed by atoms with Gasteiger partial charge in [0.15, 0.2) is 0 Å². The number of fused-ring (bicyclic) bond motifs is 1. The molecule has 0 saturated carbocycles. The average molecular weight is 277 g/mol. The Kier molecular flexibility index (Phi) is 5.43. The molecule has 1 aromatic heterocycles. The normalized spacial score (nSPS) is 18.0. The molecule has 0 atom stereocenters. The molecule has 4 nitrogen and oxygen atoms in total. The molecule has 17 heavy (non-hydrogen) atoms. The molecule has 0 aliphatic carbocycles. The van der Waals surface area contributed by atoms with E-state index in [4.69, 9.17) is 0 Å². The van der Waals surface area contributed by atoms with Gasteiger partial charge in [-0.05, 0) is 19.3 Å². The molecule has 6 heteroatoms. The van der Waals surface area contributed by atoms with Crippen LogP contribution in [0.4, 0.5) is 5.95 Å². The Bertz CT molecular complexity index is 366. The van der Waals surface area contributed by atoms with E-state index in [1.807, 2.05) is 6.20 Å². The summed E-state index contributed by atoms with van der Waals surface area (Å²) in [4.78, 5) is 11.4. The van der Waals surface area contributed by atoms with Gasteiger partial charge in [0.05, 0.1) is 5.69 Å². The molecular formula is C11H18Cl2N4. The highest BCUT2D eigenvalue weighted by molar-refractivity contribution is 5.85. The Balaban J connectivity index is 0.000000722. The predicted octanol–water partition coefficient (Wildman–Crippen LogP) is 1.91. The number of nitrogens with zero attached hydrogens (tertiary/aromatic N) is 3. The van der Waals surface area contributed by atoms with Crippen molar-refractivity contribution in [1.29, 1.82) is 0 Å². The van der Waals surface area contributed by atoms with Crippen LogP contribution in [0.5, 0.6) is 0 Å². The molecule has 1 aromatic rings. The fraction of sp³-hybridized carbons (Fsp3) is 0.636. The number of halogens is 2. The molecule has 1 saturated heterocycles. The van der Waals surface area contributed by atoms with Crippen molar-refractivity contribution in [2.45, 2.75) is 32.4 Å². The van der Waals surface area contributed by atoms with Gasteiger partial charge < -0.3 is 10.2 Å². The molecule has 0 unspecified atom stereocenters. The Labute approximate surface area is 114 Å². The van der Waals surface area contributed by atoms with Crippen LogP contribution >= 0.6 is 24.8 Å². The van der Waals surface area contributed by atoms with Crippen LogP contribution in [-0.4, -0.2) is 23.1 Å². The van der Waals surface area contributed by atoms with Crippen LogP contribution in [0.3, 0.4) is 0 Å². The predicted molar refractivity (Wildman–Crippen MR) is 73.1 cm³/mol. The van der Waals surface area contributed by atoms with E-state index in [1.165, 1.54) is 30.5 Å². The third kappa shape index (κ3) is 3.00. The van der Waals surface area contributed by atoms with Gasteiger partial charge in [0, 0.05) is 37.9 Å². The standard InChI is InChI=1S/C11H16N4.2ClH/c1-2-4-15(5-3-1)11-13-7-9-6-12-8-10(9)14-11;;/h7,12H,1-6,8H2;2*1H. The first-order valence-electron chi connectivity index (χ1n) is 5.74. The first kappa shape index (κ1) is 14.5. The molecule has 0 spiro atoms. The maximum atomic E-state index is 4.63. The van der Waals surface area contributed by atoms with E-state index < -0.39 is 0 Å². The first-order valence-corrected chi connectivity index (χ1v) is 5.74. The molecule has 0 radical (unpaired) electrons. The highest BCUT2D eigenvalue weighted by Gasteiger charge is 2.17. The van der Waals surface area contributed by atoms with Crippen LogP contribution in [0.25, 0.3) is 0 Å².